The van der Waals surface area contributed by atoms with Crippen LogP contribution in [0, 0.1) is 5.92 Å². The van der Waals surface area contributed by atoms with Crippen LogP contribution in [0.4, 0.5) is 0 Å². The van der Waals surface area contributed by atoms with Crippen LogP contribution in [0.5, 0.6) is 11.5 Å². The monoisotopic (exact) mass is 561 g/mol. The van der Waals surface area contributed by atoms with Gasteiger partial charge in [0.05, 0.1) is 17.2 Å². The lowest BCUT2D eigenvalue weighted by atomic mass is 10.2. The van der Waals surface area contributed by atoms with Gasteiger partial charge in [0.15, 0.2) is 11.2 Å². The number of halogens is 3. The Kier molecular flexibility index (Phi) is 10.0. The summed E-state index contributed by atoms with van der Waals surface area (Å²) in [6.07, 6.45) is -0.902. The third-order valence-electron chi connectivity index (χ3n) is 3.85. The molecule has 1 unspecified atom stereocenters. The number of ether oxygens (including phenoxy) is 2. The molecule has 2 rings (SSSR count). The van der Waals surface area contributed by atoms with Crippen LogP contribution in [-0.2, 0) is 4.79 Å². The van der Waals surface area contributed by atoms with Crippen molar-refractivity contribution >= 4 is 68.3 Å². The third kappa shape index (κ3) is 8.12. The molecule has 0 spiro atoms. The molecular weight excluding hydrogens is 541 g/mol. The second-order valence-corrected chi connectivity index (χ2v) is 9.25. The molecule has 0 fully saturated rings. The summed E-state index contributed by atoms with van der Waals surface area (Å²) in [5, 5.41) is 3.12. The van der Waals surface area contributed by atoms with Gasteiger partial charge in [0.1, 0.15) is 11.5 Å². The summed E-state index contributed by atoms with van der Waals surface area (Å²) in [6, 6.07) is 9.75. The van der Waals surface area contributed by atoms with Crippen molar-refractivity contribution in [3.8, 4) is 11.5 Å². The lowest BCUT2D eigenvalue weighted by Gasteiger charge is -2.17. The minimum Gasteiger partial charge on any atom is -0.492 e. The predicted molar refractivity (Wildman–Crippen MR) is 132 cm³/mol. The van der Waals surface area contributed by atoms with Crippen molar-refractivity contribution in [3.05, 3.63) is 56.5 Å². The number of carbonyl (C=O) groups is 2. The molecule has 0 aliphatic rings. The van der Waals surface area contributed by atoms with E-state index in [0.29, 0.717) is 39.1 Å². The molecule has 0 aliphatic carbocycles. The summed E-state index contributed by atoms with van der Waals surface area (Å²) in [5.74, 6) is -0.00386. The van der Waals surface area contributed by atoms with Gasteiger partial charge in [-0.15, -0.1) is 0 Å². The number of nitrogens with one attached hydrogen (secondary N) is 3. The summed E-state index contributed by atoms with van der Waals surface area (Å²) in [4.78, 5) is 24.9. The Hall–Kier alpha value is -2.07. The second kappa shape index (κ2) is 12.2. The first kappa shape index (κ1) is 26.2. The molecule has 0 saturated carbocycles. The molecule has 0 heterocycles. The van der Waals surface area contributed by atoms with Gasteiger partial charge in [0, 0.05) is 9.50 Å². The topological polar surface area (TPSA) is 88.7 Å². The van der Waals surface area contributed by atoms with Crippen LogP contribution in [0.2, 0.25) is 10.0 Å². The Morgan fingerprint density at radius 3 is 2.41 bits per heavy atom. The average Bonchev–Trinajstić information content (AvgIpc) is 2.72. The number of thiocarbonyl (C=S) groups is 1. The van der Waals surface area contributed by atoms with Crippen LogP contribution >= 0.6 is 51.3 Å². The molecule has 0 saturated heterocycles. The van der Waals surface area contributed by atoms with Crippen LogP contribution < -0.4 is 25.6 Å². The Labute approximate surface area is 210 Å². The zero-order valence-corrected chi connectivity index (χ0v) is 21.4. The molecule has 32 heavy (non-hydrogen) atoms. The number of benzene rings is 2. The smallest absolute Gasteiger partial charge is 0.279 e. The van der Waals surface area contributed by atoms with Crippen molar-refractivity contribution in [1.29, 1.82) is 0 Å². The van der Waals surface area contributed by atoms with Gasteiger partial charge in [0.2, 0.25) is 0 Å². The Bertz CT molecular complexity index is 1010. The second-order valence-electron chi connectivity index (χ2n) is 7.08. The molecule has 0 aromatic heterocycles. The van der Waals surface area contributed by atoms with Crippen molar-refractivity contribution < 1.29 is 19.1 Å². The van der Waals surface area contributed by atoms with Crippen molar-refractivity contribution in [2.45, 2.75) is 26.9 Å². The number of amides is 2. The lowest BCUT2D eigenvalue weighted by Crippen LogP contribution is -2.51. The first-order valence-corrected chi connectivity index (χ1v) is 11.5. The molecule has 11 heteroatoms. The minimum absolute atomic E-state index is 0.102. The largest absolute Gasteiger partial charge is 0.492 e. The van der Waals surface area contributed by atoms with Gasteiger partial charge in [-0.2, -0.15) is 0 Å². The van der Waals surface area contributed by atoms with E-state index in [0.717, 1.165) is 0 Å². The highest BCUT2D eigenvalue weighted by molar-refractivity contribution is 9.10. The maximum absolute atomic E-state index is 12.7. The average molecular weight is 563 g/mol. The molecule has 7 nitrogen and oxygen atoms in total. The Morgan fingerprint density at radius 2 is 1.75 bits per heavy atom. The molecule has 0 radical (unpaired) electrons. The molecule has 2 amide bonds. The van der Waals surface area contributed by atoms with Gasteiger partial charge >= 0.3 is 0 Å². The van der Waals surface area contributed by atoms with E-state index in [-0.39, 0.29) is 10.1 Å². The summed E-state index contributed by atoms with van der Waals surface area (Å²) in [7, 11) is 0. The van der Waals surface area contributed by atoms with Gasteiger partial charge in [-0.25, -0.2) is 0 Å². The fraction of sp³-hybridized carbons (Fsp3) is 0.286. The number of hydrogen-bond acceptors (Lipinski definition) is 5. The van der Waals surface area contributed by atoms with Crippen molar-refractivity contribution in [3.63, 3.8) is 0 Å². The minimum atomic E-state index is -0.902. The number of carbonyl (C=O) groups excluding carboxylic acids is 2. The van der Waals surface area contributed by atoms with E-state index < -0.39 is 17.9 Å². The summed E-state index contributed by atoms with van der Waals surface area (Å²) in [5.41, 5.74) is 5.14. The van der Waals surface area contributed by atoms with Crippen molar-refractivity contribution in [2.24, 2.45) is 5.92 Å². The van der Waals surface area contributed by atoms with E-state index >= 15 is 0 Å². The first-order valence-electron chi connectivity index (χ1n) is 9.52. The Balaban J connectivity index is 1.91. The highest BCUT2D eigenvalue weighted by Crippen LogP contribution is 2.28. The molecule has 1 atom stereocenters. The van der Waals surface area contributed by atoms with Gasteiger partial charge in [0.25, 0.3) is 11.8 Å². The predicted octanol–water partition coefficient (Wildman–Crippen LogP) is 4.89. The molecule has 2 aromatic carbocycles. The molecular formula is C21H22BrCl2N3O4S. The molecule has 0 bridgehead atoms. The third-order valence-corrected chi connectivity index (χ3v) is 5.08. The van der Waals surface area contributed by atoms with Gasteiger partial charge in [-0.05, 0) is 61.5 Å². The molecule has 3 N–H and O–H groups in total. The molecule has 0 aliphatic heterocycles. The van der Waals surface area contributed by atoms with E-state index in [4.69, 9.17) is 44.9 Å². The maximum Gasteiger partial charge on any atom is 0.279 e. The standard InChI is InChI=1S/C21H22BrCl2N3O4S/c1-11(2)10-30-17-6-4-13(22)8-15(17)20(29)25-21(32)27-26-19(28)12(3)31-18-7-5-14(23)9-16(18)24/h4-9,11-12H,10H2,1-3H3,(H,26,28)(H2,25,27,29,32). The Morgan fingerprint density at radius 1 is 1.06 bits per heavy atom. The number of hydrazine groups is 1. The fourth-order valence-corrected chi connectivity index (χ4v) is 3.26. The normalized spacial score (nSPS) is 11.5. The van der Waals surface area contributed by atoms with Crippen molar-refractivity contribution in [2.75, 3.05) is 6.61 Å². The SMILES string of the molecule is CC(C)COc1ccc(Br)cc1C(=O)NC(=S)NNC(=O)C(C)Oc1ccc(Cl)cc1Cl. The van der Waals surface area contributed by atoms with Gasteiger partial charge < -0.3 is 9.47 Å². The van der Waals surface area contributed by atoms with Gasteiger partial charge in [-0.3, -0.25) is 25.8 Å². The van der Waals surface area contributed by atoms with E-state index in [1.165, 1.54) is 13.0 Å². The van der Waals surface area contributed by atoms with E-state index in [1.807, 2.05) is 13.8 Å². The number of rotatable bonds is 7. The zero-order chi connectivity index (χ0) is 23.8. The lowest BCUT2D eigenvalue weighted by molar-refractivity contribution is -0.127. The van der Waals surface area contributed by atoms with Crippen LogP contribution in [0.15, 0.2) is 40.9 Å². The van der Waals surface area contributed by atoms with Crippen LogP contribution in [-0.4, -0.2) is 29.6 Å². The first-order chi connectivity index (χ1) is 15.1. The molecule has 172 valence electrons. The zero-order valence-electron chi connectivity index (χ0n) is 17.5. The van der Waals surface area contributed by atoms with E-state index in [9.17, 15) is 9.59 Å². The maximum atomic E-state index is 12.7. The van der Waals surface area contributed by atoms with Crippen LogP contribution in [0.25, 0.3) is 0 Å². The van der Waals surface area contributed by atoms with Crippen molar-refractivity contribution in [1.82, 2.24) is 16.2 Å². The number of hydrogen-bond donors (Lipinski definition) is 3. The van der Waals surface area contributed by atoms with E-state index in [1.54, 1.807) is 30.3 Å². The quantitative estimate of drug-likeness (QED) is 0.329. The van der Waals surface area contributed by atoms with Gasteiger partial charge in [-0.1, -0.05) is 53.0 Å². The fourth-order valence-electron chi connectivity index (χ4n) is 2.30. The molecule has 2 aromatic rings. The highest BCUT2D eigenvalue weighted by atomic mass is 79.9. The summed E-state index contributed by atoms with van der Waals surface area (Å²) >= 11 is 20.3. The summed E-state index contributed by atoms with van der Waals surface area (Å²) in [6.45, 7) is 6.00. The summed E-state index contributed by atoms with van der Waals surface area (Å²) < 4.78 is 11.9. The highest BCUT2D eigenvalue weighted by Gasteiger charge is 2.18. The van der Waals surface area contributed by atoms with E-state index in [2.05, 4.69) is 32.1 Å². The van der Waals surface area contributed by atoms with Crippen LogP contribution in [0.3, 0.4) is 0 Å². The van der Waals surface area contributed by atoms with Crippen LogP contribution in [0.1, 0.15) is 31.1 Å².